The van der Waals surface area contributed by atoms with Crippen LogP contribution in [0.3, 0.4) is 0 Å². The van der Waals surface area contributed by atoms with E-state index in [0.29, 0.717) is 41.1 Å². The van der Waals surface area contributed by atoms with E-state index in [9.17, 15) is 13.6 Å². The summed E-state index contributed by atoms with van der Waals surface area (Å²) >= 11 is 1.98. The van der Waals surface area contributed by atoms with Crippen LogP contribution in [0.4, 0.5) is 19.9 Å². The van der Waals surface area contributed by atoms with Crippen molar-refractivity contribution in [3.8, 4) is 0 Å². The second-order valence-electron chi connectivity index (χ2n) is 9.84. The number of rotatable bonds is 9. The van der Waals surface area contributed by atoms with E-state index in [1.165, 1.54) is 31.7 Å². The summed E-state index contributed by atoms with van der Waals surface area (Å²) in [5, 5.41) is 7.33. The molecule has 2 fully saturated rings. The van der Waals surface area contributed by atoms with Gasteiger partial charge < -0.3 is 15.5 Å². The van der Waals surface area contributed by atoms with Crippen molar-refractivity contribution in [3.05, 3.63) is 36.2 Å². The van der Waals surface area contributed by atoms with Gasteiger partial charge in [-0.15, -0.1) is 0 Å². The van der Waals surface area contributed by atoms with Crippen LogP contribution < -0.4 is 10.6 Å². The van der Waals surface area contributed by atoms with Gasteiger partial charge in [0.05, 0.1) is 10.2 Å². The van der Waals surface area contributed by atoms with Gasteiger partial charge in [0.25, 0.3) is 11.7 Å². The highest BCUT2D eigenvalue weighted by Crippen LogP contribution is 2.49. The fourth-order valence-corrected chi connectivity index (χ4v) is 6.19. The normalized spacial score (nSPS) is 17.8. The summed E-state index contributed by atoms with van der Waals surface area (Å²) in [6.45, 7) is 5.12. The van der Waals surface area contributed by atoms with Crippen molar-refractivity contribution in [3.63, 3.8) is 0 Å². The number of alkyl halides is 2. The summed E-state index contributed by atoms with van der Waals surface area (Å²) in [6.07, 6.45) is 9.06. The molecule has 3 aromatic rings. The lowest BCUT2D eigenvalue weighted by molar-refractivity contribution is 0.0286. The molecule has 7 nitrogen and oxygen atoms in total. The third-order valence-electron chi connectivity index (χ3n) is 7.22. The number of likely N-dealkylation sites (tertiary alicyclic amines) is 1. The van der Waals surface area contributed by atoms with Crippen molar-refractivity contribution in [1.29, 1.82) is 0 Å². The number of hydrogen-bond donors (Lipinski definition) is 2. The number of aromatic nitrogens is 3. The third-order valence-corrected chi connectivity index (χ3v) is 8.86. The van der Waals surface area contributed by atoms with Crippen molar-refractivity contribution in [2.75, 3.05) is 36.8 Å². The molecule has 11 heteroatoms. The van der Waals surface area contributed by atoms with E-state index >= 15 is 0 Å². The SMILES string of the molecule is C[C@@H](CNc1ncc(SC(F)F)cn1)CNc1nc2ccc(C(=O)N3CCC4(CCC4)CC3)cc2s1. The highest BCUT2D eigenvalue weighted by Gasteiger charge is 2.40. The zero-order valence-corrected chi connectivity index (χ0v) is 21.8. The monoisotopic (exact) mass is 532 g/mol. The van der Waals surface area contributed by atoms with Crippen LogP contribution in [-0.4, -0.2) is 57.7 Å². The first kappa shape index (κ1) is 25.1. The molecular weight excluding hydrogens is 502 g/mol. The first-order valence-corrected chi connectivity index (χ1v) is 14.0. The quantitative estimate of drug-likeness (QED) is 0.329. The number of amides is 1. The fraction of sp³-hybridized carbons (Fsp3) is 0.520. The molecule has 1 aliphatic carbocycles. The smallest absolute Gasteiger partial charge is 0.289 e. The molecule has 1 aliphatic heterocycles. The third kappa shape index (κ3) is 5.88. The fourth-order valence-electron chi connectivity index (χ4n) is 4.85. The predicted octanol–water partition coefficient (Wildman–Crippen LogP) is 5.97. The van der Waals surface area contributed by atoms with Crippen LogP contribution in [0.25, 0.3) is 10.2 Å². The minimum absolute atomic E-state index is 0.122. The Morgan fingerprint density at radius 2 is 1.86 bits per heavy atom. The van der Waals surface area contributed by atoms with Crippen molar-refractivity contribution in [2.45, 2.75) is 49.7 Å². The Balaban J connectivity index is 1.11. The van der Waals surface area contributed by atoms with Gasteiger partial charge in [-0.05, 0) is 55.2 Å². The second kappa shape index (κ2) is 10.8. The lowest BCUT2D eigenvalue weighted by Gasteiger charge is -2.48. The molecule has 1 atom stereocenters. The Morgan fingerprint density at radius 1 is 1.14 bits per heavy atom. The van der Waals surface area contributed by atoms with Gasteiger partial charge in [-0.3, -0.25) is 4.79 Å². The summed E-state index contributed by atoms with van der Waals surface area (Å²) in [5.74, 6) is -1.71. The number of hydrogen-bond acceptors (Lipinski definition) is 8. The maximum atomic E-state index is 13.1. The number of nitrogens with one attached hydrogen (secondary N) is 2. The van der Waals surface area contributed by atoms with Crippen molar-refractivity contribution >= 4 is 50.3 Å². The number of benzene rings is 1. The molecule has 0 radical (unpaired) electrons. The van der Waals surface area contributed by atoms with Crippen molar-refractivity contribution in [2.24, 2.45) is 11.3 Å². The molecule has 36 heavy (non-hydrogen) atoms. The van der Waals surface area contributed by atoms with Gasteiger partial charge in [-0.2, -0.15) is 8.78 Å². The molecule has 5 rings (SSSR count). The number of fused-ring (bicyclic) bond motifs is 1. The van der Waals surface area contributed by atoms with Crippen LogP contribution in [0.2, 0.25) is 0 Å². The van der Waals surface area contributed by atoms with Crippen molar-refractivity contribution < 1.29 is 13.6 Å². The lowest BCUT2D eigenvalue weighted by atomic mass is 9.63. The summed E-state index contributed by atoms with van der Waals surface area (Å²) in [5.41, 5.74) is 2.14. The van der Waals surface area contributed by atoms with E-state index in [-0.39, 0.29) is 11.8 Å². The van der Waals surface area contributed by atoms with Gasteiger partial charge in [0.1, 0.15) is 0 Å². The summed E-state index contributed by atoms with van der Waals surface area (Å²) in [7, 11) is 0. The van der Waals surface area contributed by atoms with Crippen LogP contribution in [0.1, 0.15) is 49.4 Å². The Hall–Kier alpha value is -2.53. The van der Waals surface area contributed by atoms with Crippen LogP contribution in [0.15, 0.2) is 35.5 Å². The summed E-state index contributed by atoms with van der Waals surface area (Å²) in [6, 6.07) is 5.78. The number of piperidine rings is 1. The predicted molar refractivity (Wildman–Crippen MR) is 141 cm³/mol. The van der Waals surface area contributed by atoms with Crippen LogP contribution in [0.5, 0.6) is 0 Å². The van der Waals surface area contributed by atoms with E-state index in [2.05, 4.69) is 32.5 Å². The summed E-state index contributed by atoms with van der Waals surface area (Å²) in [4.78, 5) is 28.3. The van der Waals surface area contributed by atoms with Crippen LogP contribution in [-0.2, 0) is 0 Å². The Morgan fingerprint density at radius 3 is 2.53 bits per heavy atom. The highest BCUT2D eigenvalue weighted by atomic mass is 32.2. The van der Waals surface area contributed by atoms with E-state index in [1.807, 2.05) is 23.1 Å². The maximum Gasteiger partial charge on any atom is 0.289 e. The number of anilines is 2. The molecule has 3 heterocycles. The average Bonchev–Trinajstić information content (AvgIpc) is 3.27. The molecule has 1 aromatic carbocycles. The number of nitrogens with zero attached hydrogens (tertiary/aromatic N) is 4. The Kier molecular flexibility index (Phi) is 7.57. The van der Waals surface area contributed by atoms with Gasteiger partial charge in [0.15, 0.2) is 5.13 Å². The minimum Gasteiger partial charge on any atom is -0.361 e. The second-order valence-corrected chi connectivity index (χ2v) is 11.9. The first-order chi connectivity index (χ1) is 17.4. The van der Waals surface area contributed by atoms with Crippen LogP contribution in [0, 0.1) is 11.3 Å². The average molecular weight is 533 g/mol. The van der Waals surface area contributed by atoms with E-state index < -0.39 is 5.76 Å². The number of carbonyl (C=O) groups excluding carboxylic acids is 1. The van der Waals surface area contributed by atoms with E-state index in [0.717, 1.165) is 46.8 Å². The Labute approximate surface area is 217 Å². The van der Waals surface area contributed by atoms with Gasteiger partial charge in [-0.25, -0.2) is 15.0 Å². The van der Waals surface area contributed by atoms with Crippen LogP contribution >= 0.6 is 23.1 Å². The first-order valence-electron chi connectivity index (χ1n) is 12.3. The molecule has 2 N–H and O–H groups in total. The Bertz CT molecular complexity index is 1190. The standard InChI is InChI=1S/C25H30F2N6OS2/c1-16(12-28-23-29-14-18(15-30-23)35-22(26)27)13-31-24-32-19-4-3-17(11-20(19)36-24)21(34)33-9-7-25(8-10-33)5-2-6-25/h3-4,11,14-16,22H,2,5-10,12-13H2,1H3,(H,31,32)(H,28,29,30)/t16-/m0/s1. The molecule has 1 spiro atoms. The molecule has 1 amide bonds. The molecule has 0 unspecified atom stereocenters. The van der Waals surface area contributed by atoms with Gasteiger partial charge in [-0.1, -0.05) is 36.4 Å². The zero-order chi connectivity index (χ0) is 25.1. The largest absolute Gasteiger partial charge is 0.361 e. The molecule has 192 valence electrons. The minimum atomic E-state index is -2.48. The van der Waals surface area contributed by atoms with E-state index in [1.54, 1.807) is 11.3 Å². The molecule has 2 aliphatic rings. The maximum absolute atomic E-state index is 13.1. The lowest BCUT2D eigenvalue weighted by Crippen LogP contribution is -2.45. The van der Waals surface area contributed by atoms with Gasteiger partial charge in [0, 0.05) is 49.0 Å². The molecule has 2 aromatic heterocycles. The topological polar surface area (TPSA) is 83.0 Å². The van der Waals surface area contributed by atoms with Gasteiger partial charge in [0.2, 0.25) is 5.95 Å². The number of carbonyl (C=O) groups is 1. The molecule has 1 saturated carbocycles. The number of thioether (sulfide) groups is 1. The molecule has 0 bridgehead atoms. The molecule has 1 saturated heterocycles. The van der Waals surface area contributed by atoms with Gasteiger partial charge >= 0.3 is 0 Å². The summed E-state index contributed by atoms with van der Waals surface area (Å²) < 4.78 is 25.8. The number of thiazole rings is 1. The van der Waals surface area contributed by atoms with E-state index in [4.69, 9.17) is 0 Å². The highest BCUT2D eigenvalue weighted by molar-refractivity contribution is 7.99. The van der Waals surface area contributed by atoms with Crippen molar-refractivity contribution in [1.82, 2.24) is 19.9 Å². The number of halogens is 2. The molecular formula is C25H30F2N6OS2. The zero-order valence-electron chi connectivity index (χ0n) is 20.2.